The van der Waals surface area contributed by atoms with Gasteiger partial charge < -0.3 is 10.2 Å². The Balaban J connectivity index is 1.79. The van der Waals surface area contributed by atoms with Crippen LogP contribution in [0.15, 0.2) is 60.7 Å². The molecule has 3 aromatic carbocycles. The fraction of sp³-hybridized carbons (Fsp3) is 0.250. The molecule has 0 aliphatic rings. The fourth-order valence-electron chi connectivity index (χ4n) is 3.78. The number of hydrogen-bond acceptors (Lipinski definition) is 3. The van der Waals surface area contributed by atoms with Crippen molar-refractivity contribution in [3.05, 3.63) is 71.4 Å². The Labute approximate surface area is 181 Å². The molecule has 6 heteroatoms. The van der Waals surface area contributed by atoms with Gasteiger partial charge >= 0.3 is 0 Å². The molecule has 1 aromatic heterocycles. The maximum atomic E-state index is 13.0. The zero-order chi connectivity index (χ0) is 21.1. The van der Waals surface area contributed by atoms with Crippen molar-refractivity contribution in [1.29, 1.82) is 0 Å². The number of benzene rings is 3. The Morgan fingerprint density at radius 2 is 1.77 bits per heavy atom. The lowest BCUT2D eigenvalue weighted by Gasteiger charge is -2.17. The number of amides is 1. The summed E-state index contributed by atoms with van der Waals surface area (Å²) in [4.78, 5) is 15.3. The number of nitrogens with one attached hydrogen (secondary N) is 1. The summed E-state index contributed by atoms with van der Waals surface area (Å²) in [5.74, 6) is -0.157. The van der Waals surface area contributed by atoms with Gasteiger partial charge in [0.05, 0.1) is 11.2 Å². The largest absolute Gasteiger partial charge is 0.349 e. The molecule has 154 valence electrons. The third-order valence-corrected chi connectivity index (χ3v) is 5.68. The van der Waals surface area contributed by atoms with E-state index in [0.29, 0.717) is 17.3 Å². The predicted octanol–water partition coefficient (Wildman–Crippen LogP) is 4.90. The van der Waals surface area contributed by atoms with Gasteiger partial charge in [-0.05, 0) is 48.8 Å². The summed E-state index contributed by atoms with van der Waals surface area (Å²) in [5.41, 5.74) is 2.25. The number of nitrogens with zero attached hydrogens (tertiary/aromatic N) is 3. The van der Waals surface area contributed by atoms with Gasteiger partial charge in [0, 0.05) is 28.9 Å². The summed E-state index contributed by atoms with van der Waals surface area (Å²) in [6.07, 6.45) is 0. The molecule has 0 atom stereocenters. The summed E-state index contributed by atoms with van der Waals surface area (Å²) in [5, 5.41) is 11.3. The molecule has 0 unspecified atom stereocenters. The second-order valence-electron chi connectivity index (χ2n) is 7.21. The molecule has 0 spiro atoms. The first-order valence-electron chi connectivity index (χ1n) is 10.3. The van der Waals surface area contributed by atoms with Crippen LogP contribution in [-0.2, 0) is 0 Å². The molecule has 4 aromatic rings. The maximum Gasteiger partial charge on any atom is 0.272 e. The normalized spacial score (nSPS) is 11.5. The number of halogens is 1. The van der Waals surface area contributed by atoms with Gasteiger partial charge in [-0.2, -0.15) is 5.10 Å². The van der Waals surface area contributed by atoms with E-state index in [1.165, 1.54) is 0 Å². The zero-order valence-electron chi connectivity index (χ0n) is 17.2. The van der Waals surface area contributed by atoms with E-state index < -0.39 is 0 Å². The van der Waals surface area contributed by atoms with Gasteiger partial charge in [-0.1, -0.05) is 55.8 Å². The van der Waals surface area contributed by atoms with Crippen LogP contribution in [0.5, 0.6) is 0 Å². The van der Waals surface area contributed by atoms with E-state index in [1.807, 2.05) is 65.3 Å². The number of rotatable bonds is 7. The molecule has 4 rings (SSSR count). The Morgan fingerprint density at radius 3 is 2.50 bits per heavy atom. The topological polar surface area (TPSA) is 50.2 Å². The van der Waals surface area contributed by atoms with E-state index in [-0.39, 0.29) is 5.91 Å². The lowest BCUT2D eigenvalue weighted by molar-refractivity contribution is 0.0945. The van der Waals surface area contributed by atoms with Gasteiger partial charge in [0.2, 0.25) is 0 Å². The summed E-state index contributed by atoms with van der Waals surface area (Å²) >= 11 is 6.20. The van der Waals surface area contributed by atoms with E-state index in [1.54, 1.807) is 0 Å². The molecule has 0 aliphatic carbocycles. The van der Waals surface area contributed by atoms with Crippen molar-refractivity contribution in [3.8, 4) is 5.69 Å². The minimum atomic E-state index is -0.157. The molecule has 0 radical (unpaired) electrons. The van der Waals surface area contributed by atoms with Crippen LogP contribution < -0.4 is 5.32 Å². The predicted molar refractivity (Wildman–Crippen MR) is 124 cm³/mol. The van der Waals surface area contributed by atoms with Crippen molar-refractivity contribution in [2.45, 2.75) is 13.8 Å². The van der Waals surface area contributed by atoms with Crippen LogP contribution in [0.25, 0.3) is 27.4 Å². The number of aromatic nitrogens is 2. The highest BCUT2D eigenvalue weighted by Crippen LogP contribution is 2.31. The molecule has 0 aliphatic heterocycles. The Hall–Kier alpha value is -2.89. The van der Waals surface area contributed by atoms with E-state index in [9.17, 15) is 4.79 Å². The second kappa shape index (κ2) is 8.86. The lowest BCUT2D eigenvalue weighted by atomic mass is 10.1. The molecule has 0 saturated heterocycles. The number of para-hydroxylation sites is 1. The zero-order valence-corrected chi connectivity index (χ0v) is 18.0. The minimum absolute atomic E-state index is 0.157. The summed E-state index contributed by atoms with van der Waals surface area (Å²) in [6.45, 7) is 7.58. The van der Waals surface area contributed by atoms with E-state index in [2.05, 4.69) is 24.1 Å². The number of likely N-dealkylation sites (N-methyl/N-ethyl adjacent to an activating group) is 1. The smallest absolute Gasteiger partial charge is 0.272 e. The molecule has 5 nitrogen and oxygen atoms in total. The molecular weight excluding hydrogens is 396 g/mol. The first kappa shape index (κ1) is 20.4. The van der Waals surface area contributed by atoms with Gasteiger partial charge in [0.15, 0.2) is 5.69 Å². The second-order valence-corrected chi connectivity index (χ2v) is 7.64. The fourth-order valence-corrected chi connectivity index (χ4v) is 3.96. The number of hydrogen-bond donors (Lipinski definition) is 1. The number of carbonyl (C=O) groups is 1. The molecule has 30 heavy (non-hydrogen) atoms. The quantitative estimate of drug-likeness (QED) is 0.462. The highest BCUT2D eigenvalue weighted by Gasteiger charge is 2.20. The van der Waals surface area contributed by atoms with Crippen LogP contribution in [0.3, 0.4) is 0 Å². The van der Waals surface area contributed by atoms with Gasteiger partial charge in [0.25, 0.3) is 5.91 Å². The Bertz CT molecular complexity index is 1180. The highest BCUT2D eigenvalue weighted by atomic mass is 35.5. The van der Waals surface area contributed by atoms with Crippen molar-refractivity contribution < 1.29 is 4.79 Å². The van der Waals surface area contributed by atoms with E-state index in [0.717, 1.165) is 47.0 Å². The van der Waals surface area contributed by atoms with Crippen molar-refractivity contribution in [2.75, 3.05) is 26.2 Å². The molecule has 1 amide bonds. The highest BCUT2D eigenvalue weighted by molar-refractivity contribution is 6.31. The average molecular weight is 421 g/mol. The summed E-state index contributed by atoms with van der Waals surface area (Å²) in [7, 11) is 0. The standard InChI is InChI=1S/C24H25ClN4O/c1-3-28(4-2)15-14-26-24(30)22-21-12-10-17-16-18(25)11-13-20(17)23(21)29(27-22)19-8-6-5-7-9-19/h5-13,16H,3-4,14-15H2,1-2H3,(H,26,30). The van der Waals surface area contributed by atoms with Gasteiger partial charge in [-0.15, -0.1) is 0 Å². The van der Waals surface area contributed by atoms with Crippen LogP contribution >= 0.6 is 11.6 Å². The van der Waals surface area contributed by atoms with Gasteiger partial charge in [0.1, 0.15) is 0 Å². The minimum Gasteiger partial charge on any atom is -0.349 e. The molecular formula is C24H25ClN4O. The van der Waals surface area contributed by atoms with Crippen molar-refractivity contribution >= 4 is 39.2 Å². The molecule has 0 saturated carbocycles. The molecule has 1 heterocycles. The molecule has 1 N–H and O–H groups in total. The number of fused-ring (bicyclic) bond motifs is 3. The number of carbonyl (C=O) groups excluding carboxylic acids is 1. The summed E-state index contributed by atoms with van der Waals surface area (Å²) < 4.78 is 1.85. The first-order valence-corrected chi connectivity index (χ1v) is 10.7. The maximum absolute atomic E-state index is 13.0. The van der Waals surface area contributed by atoms with Crippen molar-refractivity contribution in [3.63, 3.8) is 0 Å². The molecule has 0 bridgehead atoms. The van der Waals surface area contributed by atoms with Gasteiger partial charge in [-0.25, -0.2) is 4.68 Å². The third-order valence-electron chi connectivity index (χ3n) is 5.44. The third kappa shape index (κ3) is 3.91. The first-order chi connectivity index (χ1) is 14.6. The monoisotopic (exact) mass is 420 g/mol. The average Bonchev–Trinajstić information content (AvgIpc) is 3.17. The van der Waals surface area contributed by atoms with Crippen molar-refractivity contribution in [1.82, 2.24) is 20.0 Å². The van der Waals surface area contributed by atoms with Crippen molar-refractivity contribution in [2.24, 2.45) is 0 Å². The molecule has 0 fully saturated rings. The Morgan fingerprint density at radius 1 is 1.03 bits per heavy atom. The van der Waals surface area contributed by atoms with E-state index in [4.69, 9.17) is 16.7 Å². The SMILES string of the molecule is CCN(CC)CCNC(=O)c1nn(-c2ccccc2)c2c1ccc1cc(Cl)ccc12. The lowest BCUT2D eigenvalue weighted by Crippen LogP contribution is -2.35. The van der Waals surface area contributed by atoms with Gasteiger partial charge in [-0.3, -0.25) is 4.79 Å². The van der Waals surface area contributed by atoms with Crippen LogP contribution in [0, 0.1) is 0 Å². The van der Waals surface area contributed by atoms with Crippen LogP contribution in [0.4, 0.5) is 0 Å². The summed E-state index contributed by atoms with van der Waals surface area (Å²) in [6, 6.07) is 19.6. The van der Waals surface area contributed by atoms with Crippen LogP contribution in [0.1, 0.15) is 24.3 Å². The Kier molecular flexibility index (Phi) is 6.02. The van der Waals surface area contributed by atoms with Crippen LogP contribution in [0.2, 0.25) is 5.02 Å². The van der Waals surface area contributed by atoms with E-state index >= 15 is 0 Å². The van der Waals surface area contributed by atoms with Crippen LogP contribution in [-0.4, -0.2) is 46.8 Å².